The molecular weight excluding hydrogens is 268 g/mol. The van der Waals surface area contributed by atoms with Crippen molar-refractivity contribution in [2.45, 2.75) is 6.42 Å². The Balaban J connectivity index is 2.09. The van der Waals surface area contributed by atoms with E-state index in [0.29, 0.717) is 25.1 Å². The van der Waals surface area contributed by atoms with Gasteiger partial charge in [-0.25, -0.2) is 0 Å². The van der Waals surface area contributed by atoms with Crippen LogP contribution in [-0.2, 0) is 9.53 Å². The van der Waals surface area contributed by atoms with Crippen LogP contribution in [0.2, 0.25) is 0 Å². The lowest BCUT2D eigenvalue weighted by Gasteiger charge is -2.16. The van der Waals surface area contributed by atoms with Gasteiger partial charge < -0.3 is 15.4 Å². The number of nitrogens with two attached hydrogens (primary N) is 1. The molecule has 0 bridgehead atoms. The first-order chi connectivity index (χ1) is 10.2. The first-order valence-electron chi connectivity index (χ1n) is 6.82. The molecule has 1 atom stereocenters. The number of carbonyl (C=O) groups is 2. The van der Waals surface area contributed by atoms with Crippen molar-refractivity contribution in [1.82, 2.24) is 4.90 Å². The van der Waals surface area contributed by atoms with Crippen molar-refractivity contribution in [3.63, 3.8) is 0 Å². The molecule has 0 saturated carbocycles. The van der Waals surface area contributed by atoms with E-state index in [0.717, 1.165) is 5.56 Å². The van der Waals surface area contributed by atoms with Gasteiger partial charge in [0.1, 0.15) is 0 Å². The molecule has 2 rings (SSSR count). The highest BCUT2D eigenvalue weighted by Gasteiger charge is 2.32. The Kier molecular flexibility index (Phi) is 4.96. The first kappa shape index (κ1) is 15.1. The van der Waals surface area contributed by atoms with E-state index in [1.807, 2.05) is 6.07 Å². The average Bonchev–Trinajstić information content (AvgIpc) is 3.01. The molecule has 1 unspecified atom stereocenters. The van der Waals surface area contributed by atoms with E-state index in [9.17, 15) is 9.59 Å². The first-order valence-corrected chi connectivity index (χ1v) is 6.82. The maximum Gasteiger partial charge on any atom is 0.310 e. The van der Waals surface area contributed by atoms with Gasteiger partial charge in [0.15, 0.2) is 0 Å². The minimum absolute atomic E-state index is 0.0854. The van der Waals surface area contributed by atoms with Crippen LogP contribution in [0.25, 0.3) is 0 Å². The van der Waals surface area contributed by atoms with Crippen LogP contribution >= 0.6 is 0 Å². The van der Waals surface area contributed by atoms with Crippen LogP contribution in [0.4, 0.5) is 0 Å². The summed E-state index contributed by atoms with van der Waals surface area (Å²) < 4.78 is 4.72. The van der Waals surface area contributed by atoms with Crippen molar-refractivity contribution in [3.05, 3.63) is 35.4 Å². The van der Waals surface area contributed by atoms with Crippen LogP contribution in [-0.4, -0.2) is 43.5 Å². The second kappa shape index (κ2) is 6.91. The van der Waals surface area contributed by atoms with E-state index in [-0.39, 0.29) is 24.3 Å². The van der Waals surface area contributed by atoms with E-state index < -0.39 is 0 Å². The second-order valence-corrected chi connectivity index (χ2v) is 4.85. The van der Waals surface area contributed by atoms with Gasteiger partial charge in [-0.05, 0) is 24.6 Å². The Bertz CT molecular complexity index is 601. The number of likely N-dealkylation sites (tertiary alicyclic amines) is 1. The number of nitrogens with zero attached hydrogens (tertiary/aromatic N) is 1. The molecule has 1 fully saturated rings. The van der Waals surface area contributed by atoms with Crippen LogP contribution in [0.15, 0.2) is 24.3 Å². The highest BCUT2D eigenvalue weighted by atomic mass is 16.5. The van der Waals surface area contributed by atoms with Crippen LogP contribution in [0.3, 0.4) is 0 Å². The molecule has 1 aliphatic rings. The third kappa shape index (κ3) is 3.61. The standard InChI is InChI=1S/C16H18N2O3/c1-21-16(20)14-7-9-18(11-14)15(19)13-6-2-4-12(10-13)5-3-8-17/h2,4,6,10,14H,7-9,11,17H2,1H3. The monoisotopic (exact) mass is 286 g/mol. The number of rotatable bonds is 2. The Morgan fingerprint density at radius 1 is 1.48 bits per heavy atom. The molecule has 0 aliphatic carbocycles. The summed E-state index contributed by atoms with van der Waals surface area (Å²) in [6, 6.07) is 7.13. The van der Waals surface area contributed by atoms with E-state index in [1.165, 1.54) is 7.11 Å². The number of esters is 1. The summed E-state index contributed by atoms with van der Waals surface area (Å²) in [5, 5.41) is 0. The molecule has 1 aromatic rings. The van der Waals surface area contributed by atoms with Gasteiger partial charge in [0.25, 0.3) is 5.91 Å². The fourth-order valence-electron chi connectivity index (χ4n) is 2.37. The lowest BCUT2D eigenvalue weighted by atomic mass is 10.1. The van der Waals surface area contributed by atoms with Gasteiger partial charge in [0, 0.05) is 24.2 Å². The molecule has 1 heterocycles. The van der Waals surface area contributed by atoms with Gasteiger partial charge in [0.05, 0.1) is 19.6 Å². The molecule has 5 nitrogen and oxygen atoms in total. The number of benzene rings is 1. The molecule has 1 amide bonds. The van der Waals surface area contributed by atoms with Crippen molar-refractivity contribution in [2.24, 2.45) is 11.7 Å². The number of amides is 1. The van der Waals surface area contributed by atoms with Gasteiger partial charge in [-0.15, -0.1) is 0 Å². The summed E-state index contributed by atoms with van der Waals surface area (Å²) in [7, 11) is 1.37. The number of methoxy groups -OCH3 is 1. The fourth-order valence-corrected chi connectivity index (χ4v) is 2.37. The Morgan fingerprint density at radius 2 is 2.29 bits per heavy atom. The summed E-state index contributed by atoms with van der Waals surface area (Å²) in [4.78, 5) is 25.6. The normalized spacial score (nSPS) is 17.0. The second-order valence-electron chi connectivity index (χ2n) is 4.85. The van der Waals surface area contributed by atoms with Crippen molar-refractivity contribution < 1.29 is 14.3 Å². The highest BCUT2D eigenvalue weighted by Crippen LogP contribution is 2.20. The third-order valence-corrected chi connectivity index (χ3v) is 3.45. The topological polar surface area (TPSA) is 72.6 Å². The van der Waals surface area contributed by atoms with Gasteiger partial charge >= 0.3 is 5.97 Å². The summed E-state index contributed by atoms with van der Waals surface area (Å²) >= 11 is 0. The van der Waals surface area contributed by atoms with Crippen molar-refractivity contribution >= 4 is 11.9 Å². The minimum Gasteiger partial charge on any atom is -0.469 e. The summed E-state index contributed by atoms with van der Waals surface area (Å²) in [6.07, 6.45) is 0.644. The lowest BCUT2D eigenvalue weighted by molar-refractivity contribution is -0.144. The molecular formula is C16H18N2O3. The van der Waals surface area contributed by atoms with Crippen molar-refractivity contribution in [1.29, 1.82) is 0 Å². The SMILES string of the molecule is COC(=O)C1CCN(C(=O)c2cccc(C#CCN)c2)C1. The minimum atomic E-state index is -0.257. The predicted molar refractivity (Wildman–Crippen MR) is 78.4 cm³/mol. The molecule has 2 N–H and O–H groups in total. The molecule has 1 saturated heterocycles. The van der Waals surface area contributed by atoms with Gasteiger partial charge in [-0.2, -0.15) is 0 Å². The van der Waals surface area contributed by atoms with Crippen LogP contribution < -0.4 is 5.73 Å². The summed E-state index contributed by atoms with van der Waals surface area (Å²) in [6.45, 7) is 1.26. The van der Waals surface area contributed by atoms with E-state index in [2.05, 4.69) is 11.8 Å². The summed E-state index contributed by atoms with van der Waals surface area (Å²) in [5.41, 5.74) is 6.67. The predicted octanol–water partition coefficient (Wildman–Crippen LogP) is 0.632. The fraction of sp³-hybridized carbons (Fsp3) is 0.375. The third-order valence-electron chi connectivity index (χ3n) is 3.45. The lowest BCUT2D eigenvalue weighted by Crippen LogP contribution is -2.30. The van der Waals surface area contributed by atoms with Gasteiger partial charge in [-0.3, -0.25) is 9.59 Å². The Hall–Kier alpha value is -2.32. The van der Waals surface area contributed by atoms with Crippen molar-refractivity contribution in [2.75, 3.05) is 26.7 Å². The zero-order chi connectivity index (χ0) is 15.2. The van der Waals surface area contributed by atoms with E-state index >= 15 is 0 Å². The maximum atomic E-state index is 12.4. The number of ether oxygens (including phenoxy) is 1. The molecule has 5 heteroatoms. The van der Waals surface area contributed by atoms with E-state index in [4.69, 9.17) is 10.5 Å². The van der Waals surface area contributed by atoms with Crippen LogP contribution in [0.1, 0.15) is 22.3 Å². The molecule has 110 valence electrons. The van der Waals surface area contributed by atoms with E-state index in [1.54, 1.807) is 23.1 Å². The smallest absolute Gasteiger partial charge is 0.310 e. The maximum absolute atomic E-state index is 12.4. The van der Waals surface area contributed by atoms with Crippen molar-refractivity contribution in [3.8, 4) is 11.8 Å². The van der Waals surface area contributed by atoms with Gasteiger partial charge in [-0.1, -0.05) is 17.9 Å². The zero-order valence-corrected chi connectivity index (χ0v) is 12.0. The molecule has 1 aromatic carbocycles. The van der Waals surface area contributed by atoms with Crippen LogP contribution in [0.5, 0.6) is 0 Å². The Labute approximate surface area is 124 Å². The van der Waals surface area contributed by atoms with Crippen LogP contribution in [0, 0.1) is 17.8 Å². The number of hydrogen-bond donors (Lipinski definition) is 1. The Morgan fingerprint density at radius 3 is 3.00 bits per heavy atom. The zero-order valence-electron chi connectivity index (χ0n) is 12.0. The van der Waals surface area contributed by atoms with Gasteiger partial charge in [0.2, 0.25) is 0 Å². The highest BCUT2D eigenvalue weighted by molar-refractivity contribution is 5.95. The molecule has 0 aromatic heterocycles. The molecule has 1 aliphatic heterocycles. The molecule has 0 radical (unpaired) electrons. The largest absolute Gasteiger partial charge is 0.469 e. The average molecular weight is 286 g/mol. The molecule has 0 spiro atoms. The number of hydrogen-bond acceptors (Lipinski definition) is 4. The quantitative estimate of drug-likeness (QED) is 0.639. The molecule has 21 heavy (non-hydrogen) atoms. The summed E-state index contributed by atoms with van der Waals surface area (Å²) in [5.74, 6) is 5.10. The number of carbonyl (C=O) groups excluding carboxylic acids is 2.